The number of fused-ring (bicyclic) bond motifs is 2. The molecule has 0 aliphatic carbocycles. The molecule has 4 rings (SSSR count). The molecule has 0 saturated carbocycles. The van der Waals surface area contributed by atoms with Gasteiger partial charge in [0.2, 0.25) is 0 Å². The van der Waals surface area contributed by atoms with E-state index in [1.54, 1.807) is 0 Å². The van der Waals surface area contributed by atoms with Gasteiger partial charge in [0.25, 0.3) is 0 Å². The topological polar surface area (TPSA) is 46.1 Å². The summed E-state index contributed by atoms with van der Waals surface area (Å²) in [5, 5.41) is 3.38. The lowest BCUT2D eigenvalue weighted by Gasteiger charge is -2.23. The van der Waals surface area contributed by atoms with Crippen molar-refractivity contribution >= 4 is 11.6 Å². The number of guanidine groups is 1. The Kier molecular flexibility index (Phi) is 5.25. The largest absolute Gasteiger partial charge is 0.467 e. The van der Waals surface area contributed by atoms with Gasteiger partial charge in [-0.1, -0.05) is 18.2 Å². The Labute approximate surface area is 158 Å². The molecule has 0 fully saturated rings. The van der Waals surface area contributed by atoms with Gasteiger partial charge in [-0.3, -0.25) is 4.99 Å². The highest BCUT2D eigenvalue weighted by Crippen LogP contribution is 2.30. The second-order valence-corrected chi connectivity index (χ2v) is 6.68. The maximum Gasteiger partial charge on any atom is 0.198 e. The Hall–Kier alpha value is -2.60. The van der Waals surface area contributed by atoms with E-state index in [9.17, 15) is 4.39 Å². The third kappa shape index (κ3) is 3.76. The molecule has 0 unspecified atom stereocenters. The average molecular weight is 369 g/mol. The van der Waals surface area contributed by atoms with Gasteiger partial charge in [0.05, 0.1) is 6.61 Å². The van der Waals surface area contributed by atoms with Gasteiger partial charge in [-0.25, -0.2) is 4.39 Å². The van der Waals surface area contributed by atoms with Crippen molar-refractivity contribution in [1.29, 1.82) is 0 Å². The van der Waals surface area contributed by atoms with E-state index in [0.717, 1.165) is 42.3 Å². The minimum atomic E-state index is -0.262. The van der Waals surface area contributed by atoms with Crippen molar-refractivity contribution in [2.24, 2.45) is 4.99 Å². The van der Waals surface area contributed by atoms with Gasteiger partial charge >= 0.3 is 0 Å². The van der Waals surface area contributed by atoms with Crippen LogP contribution in [-0.2, 0) is 24.2 Å². The summed E-state index contributed by atoms with van der Waals surface area (Å²) in [6.07, 6.45) is 1.64. The minimum Gasteiger partial charge on any atom is -0.467 e. The normalized spacial score (nSPS) is 15.9. The molecular formula is C21H24FN3O2. The van der Waals surface area contributed by atoms with Crippen LogP contribution in [0.4, 0.5) is 10.1 Å². The van der Waals surface area contributed by atoms with E-state index in [1.165, 1.54) is 23.4 Å². The number of nitrogens with zero attached hydrogens (tertiary/aromatic N) is 2. The Balaban J connectivity index is 1.52. The van der Waals surface area contributed by atoms with E-state index in [2.05, 4.69) is 41.4 Å². The molecule has 2 aliphatic rings. The van der Waals surface area contributed by atoms with E-state index in [0.29, 0.717) is 19.6 Å². The first-order valence-corrected chi connectivity index (χ1v) is 9.42. The molecule has 0 spiro atoms. The molecule has 0 aromatic heterocycles. The number of benzene rings is 2. The number of ether oxygens (including phenoxy) is 2. The zero-order chi connectivity index (χ0) is 18.6. The van der Waals surface area contributed by atoms with Crippen molar-refractivity contribution in [3.63, 3.8) is 0 Å². The molecule has 6 heteroatoms. The van der Waals surface area contributed by atoms with E-state index >= 15 is 0 Å². The van der Waals surface area contributed by atoms with Gasteiger partial charge in [0.1, 0.15) is 11.6 Å². The van der Waals surface area contributed by atoms with E-state index < -0.39 is 0 Å². The summed E-state index contributed by atoms with van der Waals surface area (Å²) >= 11 is 0. The first-order chi connectivity index (χ1) is 13.3. The van der Waals surface area contributed by atoms with Crippen molar-refractivity contribution in [3.05, 3.63) is 58.9 Å². The molecule has 0 radical (unpaired) electrons. The Morgan fingerprint density at radius 3 is 3.04 bits per heavy atom. The highest BCUT2D eigenvalue weighted by molar-refractivity contribution is 5.97. The second-order valence-electron chi connectivity index (χ2n) is 6.68. The fourth-order valence-corrected chi connectivity index (χ4v) is 3.68. The molecule has 1 N–H and O–H groups in total. The number of aliphatic imine (C=N–C) groups is 1. The highest BCUT2D eigenvalue weighted by Gasteiger charge is 2.22. The van der Waals surface area contributed by atoms with Gasteiger partial charge in [-0.2, -0.15) is 0 Å². The van der Waals surface area contributed by atoms with Gasteiger partial charge in [-0.05, 0) is 49.1 Å². The first kappa shape index (κ1) is 17.8. The monoisotopic (exact) mass is 369 g/mol. The number of para-hydroxylation sites is 1. The van der Waals surface area contributed by atoms with E-state index in [4.69, 9.17) is 14.5 Å². The summed E-state index contributed by atoms with van der Waals surface area (Å²) in [5.74, 6) is 1.36. The zero-order valence-electron chi connectivity index (χ0n) is 15.5. The molecule has 2 aromatic rings. The maximum atomic E-state index is 13.9. The molecule has 2 aromatic carbocycles. The zero-order valence-corrected chi connectivity index (χ0v) is 15.5. The highest BCUT2D eigenvalue weighted by atomic mass is 19.1. The number of rotatable bonds is 4. The van der Waals surface area contributed by atoms with Crippen LogP contribution in [-0.4, -0.2) is 32.4 Å². The minimum absolute atomic E-state index is 0.210. The number of hydrogen-bond donors (Lipinski definition) is 1. The number of nitrogens with one attached hydrogen (secondary N) is 1. The maximum absolute atomic E-state index is 13.9. The molecule has 0 amide bonds. The summed E-state index contributed by atoms with van der Waals surface area (Å²) < 4.78 is 24.8. The molecule has 0 bridgehead atoms. The standard InChI is InChI=1S/C21H24FN3O2/c1-2-23-21(25-10-8-15-5-3-4-6-19(15)25)24-9-7-16-11-18(22)12-17-13-26-14-27-20(16)17/h3-6,11-12H,2,7-10,13-14H2,1H3,(H,23,24). The molecule has 2 heterocycles. The lowest BCUT2D eigenvalue weighted by molar-refractivity contribution is -0.0172. The van der Waals surface area contributed by atoms with Crippen LogP contribution < -0.4 is 15.0 Å². The SMILES string of the molecule is CCNC(=NCCc1cc(F)cc2c1OCOC2)N1CCc2ccccc21. The van der Waals surface area contributed by atoms with Crippen molar-refractivity contribution < 1.29 is 13.9 Å². The average Bonchev–Trinajstić information content (AvgIpc) is 3.11. The summed E-state index contributed by atoms with van der Waals surface area (Å²) in [6.45, 7) is 4.93. The molecule has 142 valence electrons. The predicted octanol–water partition coefficient (Wildman–Crippen LogP) is 3.26. The van der Waals surface area contributed by atoms with E-state index in [1.807, 2.05) is 0 Å². The molecule has 0 saturated heterocycles. The molecule has 2 aliphatic heterocycles. The summed E-state index contributed by atoms with van der Waals surface area (Å²) in [6, 6.07) is 11.4. The second kappa shape index (κ2) is 7.96. The van der Waals surface area contributed by atoms with Crippen LogP contribution in [0.25, 0.3) is 0 Å². The summed E-state index contributed by atoms with van der Waals surface area (Å²) in [4.78, 5) is 7.02. The van der Waals surface area contributed by atoms with Gasteiger partial charge < -0.3 is 19.7 Å². The summed E-state index contributed by atoms with van der Waals surface area (Å²) in [5.41, 5.74) is 4.16. The molecular weight excluding hydrogens is 345 g/mol. The third-order valence-electron chi connectivity index (χ3n) is 4.87. The Morgan fingerprint density at radius 2 is 2.15 bits per heavy atom. The number of hydrogen-bond acceptors (Lipinski definition) is 3. The van der Waals surface area contributed by atoms with Crippen LogP contribution in [0.2, 0.25) is 0 Å². The van der Waals surface area contributed by atoms with Crippen LogP contribution in [0.15, 0.2) is 41.4 Å². The number of anilines is 1. The van der Waals surface area contributed by atoms with Gasteiger partial charge in [0, 0.05) is 30.9 Å². The van der Waals surface area contributed by atoms with Gasteiger partial charge in [0.15, 0.2) is 12.8 Å². The van der Waals surface area contributed by atoms with Crippen LogP contribution in [0.1, 0.15) is 23.6 Å². The van der Waals surface area contributed by atoms with Crippen LogP contribution in [0.5, 0.6) is 5.75 Å². The lowest BCUT2D eigenvalue weighted by atomic mass is 10.1. The smallest absolute Gasteiger partial charge is 0.198 e. The fraction of sp³-hybridized carbons (Fsp3) is 0.381. The summed E-state index contributed by atoms with van der Waals surface area (Å²) in [7, 11) is 0. The molecule has 5 nitrogen and oxygen atoms in total. The quantitative estimate of drug-likeness (QED) is 0.664. The number of halogens is 1. The molecule has 0 atom stereocenters. The van der Waals surface area contributed by atoms with Crippen molar-refractivity contribution in [2.45, 2.75) is 26.4 Å². The fourth-order valence-electron chi connectivity index (χ4n) is 3.68. The van der Waals surface area contributed by atoms with Crippen molar-refractivity contribution in [3.8, 4) is 5.75 Å². The predicted molar refractivity (Wildman–Crippen MR) is 104 cm³/mol. The first-order valence-electron chi connectivity index (χ1n) is 9.42. The third-order valence-corrected chi connectivity index (χ3v) is 4.87. The van der Waals surface area contributed by atoms with Crippen LogP contribution in [0.3, 0.4) is 0 Å². The molecule has 27 heavy (non-hydrogen) atoms. The lowest BCUT2D eigenvalue weighted by Crippen LogP contribution is -2.40. The van der Waals surface area contributed by atoms with Crippen molar-refractivity contribution in [2.75, 3.05) is 31.3 Å². The Morgan fingerprint density at radius 1 is 1.26 bits per heavy atom. The van der Waals surface area contributed by atoms with Crippen LogP contribution >= 0.6 is 0 Å². The van der Waals surface area contributed by atoms with Crippen molar-refractivity contribution in [1.82, 2.24) is 5.32 Å². The van der Waals surface area contributed by atoms with Gasteiger partial charge in [-0.15, -0.1) is 0 Å². The van der Waals surface area contributed by atoms with E-state index in [-0.39, 0.29) is 12.6 Å². The van der Waals surface area contributed by atoms with Crippen LogP contribution in [0, 0.1) is 5.82 Å². The Bertz CT molecular complexity index is 853.